The smallest absolute Gasteiger partial charge is 0.475 e. The number of esters is 1. The molecular formula is C29H29F3N2O7. The topological polar surface area (TPSA) is 121 Å². The van der Waals surface area contributed by atoms with Gasteiger partial charge in [-0.15, -0.1) is 0 Å². The minimum absolute atomic E-state index is 0.0223. The number of ketones is 1. The van der Waals surface area contributed by atoms with Crippen LogP contribution in [0.15, 0.2) is 48.5 Å². The molecule has 218 valence electrons. The van der Waals surface area contributed by atoms with Gasteiger partial charge < -0.3 is 9.84 Å². The van der Waals surface area contributed by atoms with Crippen molar-refractivity contribution in [2.45, 2.75) is 43.9 Å². The fraction of sp³-hybridized carbons (Fsp3) is 0.414. The maximum Gasteiger partial charge on any atom is 0.490 e. The SMILES string of the molecule is COC(=O)[C@@]12CCCCN1C(c1ccc(-c3ccc(C(C)=O)cc3)cc1)C1C(=O)N(C)C(=O)C12.O=C(O)C(F)(F)F. The van der Waals surface area contributed by atoms with E-state index in [1.165, 1.54) is 19.1 Å². The summed E-state index contributed by atoms with van der Waals surface area (Å²) in [5.41, 5.74) is 2.42. The predicted octanol–water partition coefficient (Wildman–Crippen LogP) is 3.87. The number of nitrogens with zero attached hydrogens (tertiary/aromatic N) is 2. The second-order valence-electron chi connectivity index (χ2n) is 10.3. The number of halogens is 3. The molecule has 5 rings (SSSR count). The second kappa shape index (κ2) is 11.1. The van der Waals surface area contributed by atoms with Gasteiger partial charge in [0.1, 0.15) is 5.54 Å². The molecule has 0 aromatic heterocycles. The first kappa shape index (κ1) is 29.9. The lowest BCUT2D eigenvalue weighted by molar-refractivity contribution is -0.192. The van der Waals surface area contributed by atoms with E-state index in [1.807, 2.05) is 48.5 Å². The molecule has 2 aromatic carbocycles. The van der Waals surface area contributed by atoms with Gasteiger partial charge in [0.25, 0.3) is 0 Å². The molecule has 0 spiro atoms. The van der Waals surface area contributed by atoms with Crippen LogP contribution >= 0.6 is 0 Å². The van der Waals surface area contributed by atoms with Gasteiger partial charge >= 0.3 is 18.1 Å². The number of imide groups is 1. The van der Waals surface area contributed by atoms with Gasteiger partial charge in [-0.2, -0.15) is 13.2 Å². The summed E-state index contributed by atoms with van der Waals surface area (Å²) in [4.78, 5) is 63.4. The first-order valence-corrected chi connectivity index (χ1v) is 12.9. The number of rotatable bonds is 4. The average Bonchev–Trinajstić information content (AvgIpc) is 3.38. The van der Waals surface area contributed by atoms with E-state index >= 15 is 0 Å². The zero-order valence-corrected chi connectivity index (χ0v) is 22.6. The molecule has 3 aliphatic heterocycles. The van der Waals surface area contributed by atoms with Crippen LogP contribution in [0.3, 0.4) is 0 Å². The summed E-state index contributed by atoms with van der Waals surface area (Å²) in [7, 11) is 2.86. The number of amides is 2. The van der Waals surface area contributed by atoms with E-state index in [1.54, 1.807) is 6.92 Å². The van der Waals surface area contributed by atoms with E-state index in [-0.39, 0.29) is 23.6 Å². The van der Waals surface area contributed by atoms with Crippen molar-refractivity contribution in [2.24, 2.45) is 11.8 Å². The number of carbonyl (C=O) groups is 5. The molecular weight excluding hydrogens is 545 g/mol. The van der Waals surface area contributed by atoms with Crippen LogP contribution in [0.2, 0.25) is 0 Å². The van der Waals surface area contributed by atoms with Crippen LogP contribution in [0.25, 0.3) is 11.1 Å². The maximum absolute atomic E-state index is 13.3. The number of hydrogen-bond donors (Lipinski definition) is 1. The molecule has 4 atom stereocenters. The number of carboxylic acid groups (broad SMARTS) is 1. The quantitative estimate of drug-likeness (QED) is 0.332. The third kappa shape index (κ3) is 5.12. The predicted molar refractivity (Wildman–Crippen MR) is 138 cm³/mol. The van der Waals surface area contributed by atoms with Crippen molar-refractivity contribution in [2.75, 3.05) is 20.7 Å². The number of piperidine rings is 1. The van der Waals surface area contributed by atoms with Gasteiger partial charge in [0.2, 0.25) is 11.8 Å². The van der Waals surface area contributed by atoms with Crippen LogP contribution in [0.5, 0.6) is 0 Å². The van der Waals surface area contributed by atoms with Crippen molar-refractivity contribution in [3.05, 3.63) is 59.7 Å². The minimum atomic E-state index is -5.08. The normalized spacial score (nSPS) is 25.6. The summed E-state index contributed by atoms with van der Waals surface area (Å²) in [5, 5.41) is 7.12. The first-order chi connectivity index (χ1) is 19.2. The van der Waals surface area contributed by atoms with Gasteiger partial charge in [-0.25, -0.2) is 4.79 Å². The van der Waals surface area contributed by atoms with Crippen molar-refractivity contribution >= 4 is 29.5 Å². The molecule has 3 unspecified atom stereocenters. The summed E-state index contributed by atoms with van der Waals surface area (Å²) in [6, 6.07) is 15.0. The van der Waals surface area contributed by atoms with E-state index < -0.39 is 35.5 Å². The Morgan fingerprint density at radius 1 is 0.951 bits per heavy atom. The van der Waals surface area contributed by atoms with Gasteiger partial charge in [-0.1, -0.05) is 48.5 Å². The summed E-state index contributed by atoms with van der Waals surface area (Å²) >= 11 is 0. The monoisotopic (exact) mass is 574 g/mol. The van der Waals surface area contributed by atoms with E-state index in [4.69, 9.17) is 14.6 Å². The van der Waals surface area contributed by atoms with Gasteiger partial charge in [0.05, 0.1) is 18.9 Å². The Hall–Kier alpha value is -4.06. The molecule has 41 heavy (non-hydrogen) atoms. The minimum Gasteiger partial charge on any atom is -0.475 e. The summed E-state index contributed by atoms with van der Waals surface area (Å²) < 4.78 is 37.0. The highest BCUT2D eigenvalue weighted by Crippen LogP contribution is 2.58. The summed E-state index contributed by atoms with van der Waals surface area (Å²) in [6.07, 6.45) is -2.87. The Kier molecular flexibility index (Phi) is 8.08. The number of carboxylic acids is 1. The van der Waals surface area contributed by atoms with Gasteiger partial charge in [0, 0.05) is 18.7 Å². The highest BCUT2D eigenvalue weighted by Gasteiger charge is 2.72. The standard InChI is InChI=1S/C27H28N2O5.C2HF3O2/c1-16(30)17-6-8-18(9-7-17)19-10-12-20(13-11-19)23-21-22(25(32)28(2)24(21)31)27(26(33)34-3)14-4-5-15-29(23)27;3-2(4,5)1(6)7/h6-13,21-23H,4-5,14-15H2,1-3H3;(H,6,7)/t21?,22?,23?,27-;/m0./s1. The molecule has 0 saturated carbocycles. The van der Waals surface area contributed by atoms with Crippen LogP contribution in [-0.2, 0) is 23.9 Å². The first-order valence-electron chi connectivity index (χ1n) is 12.9. The van der Waals surface area contributed by atoms with Gasteiger partial charge in [-0.05, 0) is 49.4 Å². The van der Waals surface area contributed by atoms with Crippen LogP contribution in [0, 0.1) is 11.8 Å². The number of aliphatic carboxylic acids is 1. The second-order valence-corrected chi connectivity index (χ2v) is 10.3. The van der Waals surface area contributed by atoms with E-state index in [0.717, 1.165) is 29.5 Å². The lowest BCUT2D eigenvalue weighted by Gasteiger charge is -2.44. The Balaban J connectivity index is 0.000000493. The Morgan fingerprint density at radius 2 is 1.49 bits per heavy atom. The molecule has 3 heterocycles. The molecule has 0 bridgehead atoms. The fourth-order valence-electron chi connectivity index (χ4n) is 6.27. The molecule has 3 fully saturated rings. The Labute approximate surface area is 233 Å². The van der Waals surface area contributed by atoms with Crippen LogP contribution in [0.1, 0.15) is 48.1 Å². The molecule has 3 saturated heterocycles. The highest BCUT2D eigenvalue weighted by atomic mass is 19.4. The van der Waals surface area contributed by atoms with Gasteiger partial charge in [-0.3, -0.25) is 29.0 Å². The molecule has 2 aromatic rings. The number of ether oxygens (including phenoxy) is 1. The Bertz CT molecular complexity index is 1370. The van der Waals surface area contributed by atoms with Crippen LogP contribution in [0.4, 0.5) is 13.2 Å². The largest absolute Gasteiger partial charge is 0.490 e. The molecule has 3 aliphatic rings. The van der Waals surface area contributed by atoms with Crippen molar-refractivity contribution in [3.8, 4) is 11.1 Å². The number of hydrogen-bond acceptors (Lipinski definition) is 7. The fourth-order valence-corrected chi connectivity index (χ4v) is 6.27. The number of benzene rings is 2. The lowest BCUT2D eigenvalue weighted by atomic mass is 9.75. The number of carbonyl (C=O) groups excluding carboxylic acids is 4. The van der Waals surface area contributed by atoms with Crippen LogP contribution in [-0.4, -0.2) is 76.9 Å². The average molecular weight is 575 g/mol. The van der Waals surface area contributed by atoms with E-state index in [2.05, 4.69) is 4.90 Å². The summed E-state index contributed by atoms with van der Waals surface area (Å²) in [6.45, 7) is 2.17. The number of methoxy groups -OCH3 is 1. The number of Topliss-reactive ketones (excluding diaryl/α,β-unsaturated/α-hetero) is 1. The van der Waals surface area contributed by atoms with Crippen molar-refractivity contribution in [1.82, 2.24) is 9.80 Å². The molecule has 0 radical (unpaired) electrons. The molecule has 0 aliphatic carbocycles. The molecule has 1 N–H and O–H groups in total. The molecule has 2 amide bonds. The summed E-state index contributed by atoms with van der Waals surface area (Å²) in [5.74, 6) is -5.04. The number of fused-ring (bicyclic) bond motifs is 3. The van der Waals surface area contributed by atoms with E-state index in [9.17, 15) is 32.3 Å². The van der Waals surface area contributed by atoms with Crippen molar-refractivity contribution < 1.29 is 47.0 Å². The molecule has 12 heteroatoms. The molecule has 9 nitrogen and oxygen atoms in total. The third-order valence-corrected chi connectivity index (χ3v) is 8.14. The number of likely N-dealkylation sites (tertiary alicyclic amines) is 1. The number of alkyl halides is 3. The van der Waals surface area contributed by atoms with Crippen molar-refractivity contribution in [3.63, 3.8) is 0 Å². The lowest BCUT2D eigenvalue weighted by Crippen LogP contribution is -2.59. The zero-order chi connectivity index (χ0) is 30.3. The van der Waals surface area contributed by atoms with Crippen LogP contribution < -0.4 is 0 Å². The highest BCUT2D eigenvalue weighted by molar-refractivity contribution is 6.09. The third-order valence-electron chi connectivity index (χ3n) is 8.14. The van der Waals surface area contributed by atoms with Gasteiger partial charge in [0.15, 0.2) is 5.78 Å². The van der Waals surface area contributed by atoms with E-state index in [0.29, 0.717) is 18.5 Å². The Morgan fingerprint density at radius 3 is 1.98 bits per heavy atom. The zero-order valence-electron chi connectivity index (χ0n) is 22.6. The van der Waals surface area contributed by atoms with Crippen molar-refractivity contribution in [1.29, 1.82) is 0 Å². The maximum atomic E-state index is 13.3.